The molecule has 11 heavy (non-hydrogen) atoms. The van der Waals surface area contributed by atoms with Crippen molar-refractivity contribution in [3.8, 4) is 0 Å². The molecule has 0 unspecified atom stereocenters. The van der Waals surface area contributed by atoms with Crippen LogP contribution >= 0.6 is 11.8 Å². The lowest BCUT2D eigenvalue weighted by atomic mass is 10.5. The summed E-state index contributed by atoms with van der Waals surface area (Å²) in [5, 5.41) is 8.76. The van der Waals surface area contributed by atoms with Gasteiger partial charge in [0.25, 0.3) is 0 Å². The molecule has 0 radical (unpaired) electrons. The third-order valence-electron chi connectivity index (χ3n) is 1.50. The van der Waals surface area contributed by atoms with E-state index in [0.717, 1.165) is 10.7 Å². The second-order valence-electron chi connectivity index (χ2n) is 2.13. The number of thioether (sulfide) groups is 1. The molecule has 0 spiro atoms. The molecule has 4 heteroatoms. The van der Waals surface area contributed by atoms with Gasteiger partial charge in [0.1, 0.15) is 0 Å². The van der Waals surface area contributed by atoms with Gasteiger partial charge in [-0.3, -0.25) is 4.40 Å². The Morgan fingerprint density at radius 1 is 1.55 bits per heavy atom. The molecule has 0 saturated heterocycles. The number of aromatic nitrogens is 3. The average Bonchev–Trinajstić information content (AvgIpc) is 2.50. The summed E-state index contributed by atoms with van der Waals surface area (Å²) in [4.78, 5) is 0. The maximum atomic E-state index is 3.97. The quantitative estimate of drug-likeness (QED) is 0.599. The predicted molar refractivity (Wildman–Crippen MR) is 44.8 cm³/mol. The van der Waals surface area contributed by atoms with E-state index in [-0.39, 0.29) is 0 Å². The molecule has 0 aliphatic heterocycles. The largest absolute Gasteiger partial charge is 0.293 e. The zero-order valence-electron chi connectivity index (χ0n) is 6.06. The van der Waals surface area contributed by atoms with E-state index < -0.39 is 0 Å². The van der Waals surface area contributed by atoms with Gasteiger partial charge in [0.2, 0.25) is 0 Å². The van der Waals surface area contributed by atoms with E-state index in [1.54, 1.807) is 18.0 Å². The standard InChI is InChI=1S/C7H7N3S/c1-11-7-9-8-5-6-3-2-4-10(6)7/h2-5H,1H3. The Balaban J connectivity index is 2.79. The highest BCUT2D eigenvalue weighted by atomic mass is 32.2. The van der Waals surface area contributed by atoms with Gasteiger partial charge in [-0.1, -0.05) is 11.8 Å². The third-order valence-corrected chi connectivity index (χ3v) is 2.15. The molecule has 0 aliphatic carbocycles. The fourth-order valence-corrected chi connectivity index (χ4v) is 1.49. The zero-order valence-corrected chi connectivity index (χ0v) is 6.88. The van der Waals surface area contributed by atoms with Crippen molar-refractivity contribution in [1.29, 1.82) is 0 Å². The molecular weight excluding hydrogens is 158 g/mol. The zero-order chi connectivity index (χ0) is 7.68. The molecule has 0 saturated carbocycles. The van der Waals surface area contributed by atoms with Gasteiger partial charge in [0.05, 0.1) is 11.7 Å². The summed E-state index contributed by atoms with van der Waals surface area (Å²) >= 11 is 1.59. The molecule has 0 aromatic carbocycles. The number of rotatable bonds is 1. The van der Waals surface area contributed by atoms with Crippen LogP contribution < -0.4 is 0 Å². The van der Waals surface area contributed by atoms with Crippen LogP contribution in [0, 0.1) is 0 Å². The molecule has 2 heterocycles. The molecule has 0 fully saturated rings. The number of hydrogen-bond donors (Lipinski definition) is 0. The Hall–Kier alpha value is -1.03. The topological polar surface area (TPSA) is 30.2 Å². The minimum absolute atomic E-state index is 0.924. The van der Waals surface area contributed by atoms with Crippen LogP contribution in [0.25, 0.3) is 5.52 Å². The summed E-state index contributed by atoms with van der Waals surface area (Å²) in [7, 11) is 0. The smallest absolute Gasteiger partial charge is 0.194 e. The molecule has 2 rings (SSSR count). The van der Waals surface area contributed by atoms with Crippen molar-refractivity contribution in [2.75, 3.05) is 6.26 Å². The Bertz CT molecular complexity index is 368. The highest BCUT2D eigenvalue weighted by Crippen LogP contribution is 2.12. The second-order valence-corrected chi connectivity index (χ2v) is 2.91. The van der Waals surface area contributed by atoms with Crippen molar-refractivity contribution >= 4 is 17.3 Å². The lowest BCUT2D eigenvalue weighted by Gasteiger charge is -1.97. The van der Waals surface area contributed by atoms with Gasteiger partial charge in [-0.05, 0) is 18.4 Å². The van der Waals surface area contributed by atoms with Gasteiger partial charge in [-0.15, -0.1) is 5.10 Å². The first-order chi connectivity index (χ1) is 5.42. The van der Waals surface area contributed by atoms with Gasteiger partial charge >= 0.3 is 0 Å². The number of fused-ring (bicyclic) bond motifs is 1. The Morgan fingerprint density at radius 2 is 2.45 bits per heavy atom. The third kappa shape index (κ3) is 0.991. The second kappa shape index (κ2) is 2.54. The van der Waals surface area contributed by atoms with Gasteiger partial charge in [0, 0.05) is 6.20 Å². The van der Waals surface area contributed by atoms with Gasteiger partial charge < -0.3 is 0 Å². The van der Waals surface area contributed by atoms with Crippen molar-refractivity contribution in [2.24, 2.45) is 0 Å². The van der Waals surface area contributed by atoms with Crippen molar-refractivity contribution in [3.63, 3.8) is 0 Å². The van der Waals surface area contributed by atoms with Crippen LogP contribution in [0.4, 0.5) is 0 Å². The van der Waals surface area contributed by atoms with Gasteiger partial charge in [-0.2, -0.15) is 5.10 Å². The average molecular weight is 165 g/mol. The molecule has 56 valence electrons. The van der Waals surface area contributed by atoms with Crippen LogP contribution in [0.15, 0.2) is 29.7 Å². The minimum atomic E-state index is 0.924. The van der Waals surface area contributed by atoms with E-state index in [0.29, 0.717) is 0 Å². The highest BCUT2D eigenvalue weighted by Gasteiger charge is 1.97. The first-order valence-corrected chi connectivity index (χ1v) is 4.47. The normalized spacial score (nSPS) is 10.6. The van der Waals surface area contributed by atoms with Crippen molar-refractivity contribution < 1.29 is 0 Å². The summed E-state index contributed by atoms with van der Waals surface area (Å²) in [6, 6.07) is 3.99. The fraction of sp³-hybridized carbons (Fsp3) is 0.143. The Labute approximate surface area is 68.4 Å². The molecule has 0 amide bonds. The lowest BCUT2D eigenvalue weighted by molar-refractivity contribution is 0.812. The molecule has 0 bridgehead atoms. The summed E-state index contributed by atoms with van der Waals surface area (Å²) in [6.45, 7) is 0. The fourth-order valence-electron chi connectivity index (χ4n) is 0.998. The summed E-state index contributed by atoms with van der Waals surface area (Å²) in [6.07, 6.45) is 5.72. The molecule has 3 nitrogen and oxygen atoms in total. The van der Waals surface area contributed by atoms with Crippen LogP contribution in [-0.2, 0) is 0 Å². The van der Waals surface area contributed by atoms with Crippen molar-refractivity contribution in [3.05, 3.63) is 24.5 Å². The number of nitrogens with zero attached hydrogens (tertiary/aromatic N) is 3. The van der Waals surface area contributed by atoms with Crippen LogP contribution in [0.3, 0.4) is 0 Å². The number of hydrogen-bond acceptors (Lipinski definition) is 3. The molecule has 2 aromatic rings. The maximum Gasteiger partial charge on any atom is 0.194 e. The van der Waals surface area contributed by atoms with Crippen LogP contribution in [0.2, 0.25) is 0 Å². The van der Waals surface area contributed by atoms with Gasteiger partial charge in [0.15, 0.2) is 5.16 Å². The first-order valence-electron chi connectivity index (χ1n) is 3.24. The molecule has 0 N–H and O–H groups in total. The highest BCUT2D eigenvalue weighted by molar-refractivity contribution is 7.98. The van der Waals surface area contributed by atoms with E-state index in [1.165, 1.54) is 0 Å². The predicted octanol–water partition coefficient (Wildman–Crippen LogP) is 1.45. The van der Waals surface area contributed by atoms with Gasteiger partial charge in [-0.25, -0.2) is 0 Å². The summed E-state index contributed by atoms with van der Waals surface area (Å²) in [5.41, 5.74) is 1.09. The van der Waals surface area contributed by atoms with E-state index in [9.17, 15) is 0 Å². The lowest BCUT2D eigenvalue weighted by Crippen LogP contribution is -1.93. The van der Waals surface area contributed by atoms with E-state index in [1.807, 2.05) is 29.0 Å². The van der Waals surface area contributed by atoms with Crippen LogP contribution in [0.5, 0.6) is 0 Å². The summed E-state index contributed by atoms with van der Waals surface area (Å²) < 4.78 is 2.01. The first kappa shape index (κ1) is 6.67. The SMILES string of the molecule is CSc1nncc2cccn12. The van der Waals surface area contributed by atoms with Crippen molar-refractivity contribution in [2.45, 2.75) is 5.16 Å². The van der Waals surface area contributed by atoms with Crippen LogP contribution in [0.1, 0.15) is 0 Å². The summed E-state index contributed by atoms with van der Waals surface area (Å²) in [5.74, 6) is 0. The Kier molecular flexibility index (Phi) is 1.54. The van der Waals surface area contributed by atoms with E-state index >= 15 is 0 Å². The molecule has 0 atom stereocenters. The Morgan fingerprint density at radius 3 is 3.27 bits per heavy atom. The van der Waals surface area contributed by atoms with E-state index in [2.05, 4.69) is 10.2 Å². The van der Waals surface area contributed by atoms with E-state index in [4.69, 9.17) is 0 Å². The minimum Gasteiger partial charge on any atom is -0.293 e. The molecular formula is C7H7N3S. The van der Waals surface area contributed by atoms with Crippen molar-refractivity contribution in [1.82, 2.24) is 14.6 Å². The molecule has 2 aromatic heterocycles. The monoisotopic (exact) mass is 165 g/mol. The van der Waals surface area contributed by atoms with Crippen LogP contribution in [-0.4, -0.2) is 20.9 Å². The maximum absolute atomic E-state index is 3.97. The molecule has 0 aliphatic rings.